The van der Waals surface area contributed by atoms with Crippen LogP contribution in [0.5, 0.6) is 0 Å². The summed E-state index contributed by atoms with van der Waals surface area (Å²) in [4.78, 5) is 12.1. The van der Waals surface area contributed by atoms with Gasteiger partial charge < -0.3 is 20.5 Å². The molecule has 18 heavy (non-hydrogen) atoms. The molecule has 1 unspecified atom stereocenters. The number of methoxy groups -OCH3 is 2. The predicted octanol–water partition coefficient (Wildman–Crippen LogP) is 0.596. The van der Waals surface area contributed by atoms with Gasteiger partial charge >= 0.3 is 0 Å². The number of amides is 1. The molecule has 0 aromatic heterocycles. The highest BCUT2D eigenvalue weighted by atomic mass is 16.7. The van der Waals surface area contributed by atoms with E-state index >= 15 is 0 Å². The Hall–Kier alpha value is -1.43. The molecule has 1 amide bonds. The van der Waals surface area contributed by atoms with E-state index < -0.39 is 11.8 Å². The van der Waals surface area contributed by atoms with Crippen molar-refractivity contribution in [3.8, 4) is 0 Å². The van der Waals surface area contributed by atoms with Crippen molar-refractivity contribution in [1.82, 2.24) is 5.32 Å². The van der Waals surface area contributed by atoms with Crippen LogP contribution in [0.25, 0.3) is 0 Å². The van der Waals surface area contributed by atoms with Gasteiger partial charge in [0.2, 0.25) is 5.91 Å². The highest BCUT2D eigenvalue weighted by Gasteiger charge is 2.30. The standard InChI is InChI=1S/C13H20N2O3/c1-13(14,10-7-5-4-6-8-10)12(16)15-9-11(17-2)18-3/h4-8,11H,9,14H2,1-3H3,(H,15,16). The molecule has 1 rings (SSSR count). The molecule has 1 aromatic rings. The molecule has 0 aliphatic carbocycles. The van der Waals surface area contributed by atoms with Crippen LogP contribution < -0.4 is 11.1 Å². The Balaban J connectivity index is 2.66. The van der Waals surface area contributed by atoms with Crippen molar-refractivity contribution in [3.05, 3.63) is 35.9 Å². The lowest BCUT2D eigenvalue weighted by molar-refractivity contribution is -0.131. The molecular weight excluding hydrogens is 232 g/mol. The molecule has 0 spiro atoms. The van der Waals surface area contributed by atoms with Gasteiger partial charge in [0.25, 0.3) is 0 Å². The summed E-state index contributed by atoms with van der Waals surface area (Å²) in [6, 6.07) is 9.22. The first kappa shape index (κ1) is 14.6. The Kier molecular flexibility index (Phi) is 5.27. The van der Waals surface area contributed by atoms with Crippen molar-refractivity contribution in [2.24, 2.45) is 5.73 Å². The molecular formula is C13H20N2O3. The summed E-state index contributed by atoms with van der Waals surface area (Å²) in [5.74, 6) is -0.271. The van der Waals surface area contributed by atoms with Crippen molar-refractivity contribution in [2.45, 2.75) is 18.8 Å². The van der Waals surface area contributed by atoms with E-state index in [0.717, 1.165) is 5.56 Å². The number of nitrogens with two attached hydrogens (primary N) is 1. The minimum absolute atomic E-state index is 0.255. The highest BCUT2D eigenvalue weighted by molar-refractivity contribution is 5.86. The van der Waals surface area contributed by atoms with Crippen LogP contribution in [0, 0.1) is 0 Å². The summed E-state index contributed by atoms with van der Waals surface area (Å²) < 4.78 is 9.98. The van der Waals surface area contributed by atoms with E-state index in [2.05, 4.69) is 5.32 Å². The monoisotopic (exact) mass is 252 g/mol. The fraction of sp³-hybridized carbons (Fsp3) is 0.462. The first-order valence-electron chi connectivity index (χ1n) is 5.70. The van der Waals surface area contributed by atoms with Crippen molar-refractivity contribution in [3.63, 3.8) is 0 Å². The molecule has 0 saturated heterocycles. The Morgan fingerprint density at radius 2 is 1.89 bits per heavy atom. The zero-order valence-corrected chi connectivity index (χ0v) is 11.0. The van der Waals surface area contributed by atoms with Gasteiger partial charge in [-0.1, -0.05) is 30.3 Å². The van der Waals surface area contributed by atoms with E-state index in [0.29, 0.717) is 0 Å². The Labute approximate surface area is 107 Å². The van der Waals surface area contributed by atoms with Gasteiger partial charge in [-0.3, -0.25) is 4.79 Å². The Morgan fingerprint density at radius 1 is 1.33 bits per heavy atom. The molecule has 3 N–H and O–H groups in total. The Morgan fingerprint density at radius 3 is 2.39 bits per heavy atom. The zero-order chi connectivity index (χ0) is 13.6. The molecule has 1 atom stereocenters. The molecule has 0 saturated carbocycles. The fourth-order valence-corrected chi connectivity index (χ4v) is 1.54. The van der Waals surface area contributed by atoms with Gasteiger partial charge in [-0.05, 0) is 12.5 Å². The quantitative estimate of drug-likeness (QED) is 0.727. The molecule has 0 fully saturated rings. The van der Waals surface area contributed by atoms with Crippen LogP contribution in [-0.4, -0.2) is 33.0 Å². The maximum absolute atomic E-state index is 12.1. The van der Waals surface area contributed by atoms with Gasteiger partial charge in [0.05, 0.1) is 6.54 Å². The maximum atomic E-state index is 12.1. The van der Waals surface area contributed by atoms with Crippen LogP contribution >= 0.6 is 0 Å². The number of hydrogen-bond donors (Lipinski definition) is 2. The van der Waals surface area contributed by atoms with Gasteiger partial charge in [-0.15, -0.1) is 0 Å². The lowest BCUT2D eigenvalue weighted by Crippen LogP contribution is -2.50. The smallest absolute Gasteiger partial charge is 0.244 e. The number of ether oxygens (including phenoxy) is 2. The predicted molar refractivity (Wildman–Crippen MR) is 68.8 cm³/mol. The number of carbonyl (C=O) groups is 1. The topological polar surface area (TPSA) is 73.6 Å². The second-order valence-electron chi connectivity index (χ2n) is 4.18. The van der Waals surface area contributed by atoms with E-state index in [4.69, 9.17) is 15.2 Å². The highest BCUT2D eigenvalue weighted by Crippen LogP contribution is 2.17. The second-order valence-corrected chi connectivity index (χ2v) is 4.18. The molecule has 0 bridgehead atoms. The number of carbonyl (C=O) groups excluding carboxylic acids is 1. The van der Waals surface area contributed by atoms with E-state index in [-0.39, 0.29) is 12.5 Å². The molecule has 1 aromatic carbocycles. The van der Waals surface area contributed by atoms with Crippen LogP contribution in [0.2, 0.25) is 0 Å². The second kappa shape index (κ2) is 6.49. The minimum Gasteiger partial charge on any atom is -0.354 e. The number of nitrogens with one attached hydrogen (secondary N) is 1. The van der Waals surface area contributed by atoms with Gasteiger partial charge in [0.15, 0.2) is 6.29 Å². The van der Waals surface area contributed by atoms with E-state index in [1.165, 1.54) is 14.2 Å². The zero-order valence-electron chi connectivity index (χ0n) is 11.0. The number of rotatable bonds is 6. The summed E-state index contributed by atoms with van der Waals surface area (Å²) in [6.45, 7) is 1.93. The van der Waals surface area contributed by atoms with Gasteiger partial charge in [-0.2, -0.15) is 0 Å². The largest absolute Gasteiger partial charge is 0.354 e. The van der Waals surface area contributed by atoms with Gasteiger partial charge in [0, 0.05) is 14.2 Å². The van der Waals surface area contributed by atoms with Crippen molar-refractivity contribution in [2.75, 3.05) is 20.8 Å². The van der Waals surface area contributed by atoms with E-state index in [9.17, 15) is 4.79 Å². The van der Waals surface area contributed by atoms with Crippen molar-refractivity contribution in [1.29, 1.82) is 0 Å². The molecule has 0 aliphatic rings. The van der Waals surface area contributed by atoms with Crippen LogP contribution in [0.4, 0.5) is 0 Å². The van der Waals surface area contributed by atoms with Crippen molar-refractivity contribution < 1.29 is 14.3 Å². The summed E-state index contributed by atoms with van der Waals surface area (Å²) in [7, 11) is 3.03. The third-order valence-corrected chi connectivity index (χ3v) is 2.80. The summed E-state index contributed by atoms with van der Waals surface area (Å²) >= 11 is 0. The lowest BCUT2D eigenvalue weighted by atomic mass is 9.92. The van der Waals surface area contributed by atoms with E-state index in [1.807, 2.05) is 30.3 Å². The molecule has 0 aliphatic heterocycles. The first-order chi connectivity index (χ1) is 8.52. The van der Waals surface area contributed by atoms with E-state index in [1.54, 1.807) is 6.92 Å². The number of benzene rings is 1. The van der Waals surface area contributed by atoms with Crippen LogP contribution in [0.1, 0.15) is 12.5 Å². The molecule has 0 radical (unpaired) electrons. The normalized spacial score (nSPS) is 14.3. The maximum Gasteiger partial charge on any atom is 0.244 e. The Bertz CT molecular complexity index is 375. The van der Waals surface area contributed by atoms with Gasteiger partial charge in [-0.25, -0.2) is 0 Å². The SMILES string of the molecule is COC(CNC(=O)C(C)(N)c1ccccc1)OC. The first-order valence-corrected chi connectivity index (χ1v) is 5.70. The lowest BCUT2D eigenvalue weighted by Gasteiger charge is -2.25. The van der Waals surface area contributed by atoms with Crippen LogP contribution in [0.3, 0.4) is 0 Å². The summed E-state index contributed by atoms with van der Waals surface area (Å²) in [6.07, 6.45) is -0.472. The van der Waals surface area contributed by atoms with Crippen LogP contribution in [-0.2, 0) is 19.8 Å². The number of hydrogen-bond acceptors (Lipinski definition) is 4. The van der Waals surface area contributed by atoms with Crippen LogP contribution in [0.15, 0.2) is 30.3 Å². The van der Waals surface area contributed by atoms with Crippen molar-refractivity contribution >= 4 is 5.91 Å². The summed E-state index contributed by atoms with van der Waals surface area (Å²) in [5, 5.41) is 2.71. The molecule has 5 nitrogen and oxygen atoms in total. The summed E-state index contributed by atoms with van der Waals surface area (Å²) in [5.41, 5.74) is 5.74. The third kappa shape index (κ3) is 3.53. The molecule has 5 heteroatoms. The third-order valence-electron chi connectivity index (χ3n) is 2.80. The fourth-order valence-electron chi connectivity index (χ4n) is 1.54. The molecule has 100 valence electrons. The molecule has 0 heterocycles. The van der Waals surface area contributed by atoms with Gasteiger partial charge in [0.1, 0.15) is 5.54 Å². The minimum atomic E-state index is -1.08. The average molecular weight is 252 g/mol. The average Bonchev–Trinajstić information content (AvgIpc) is 2.40.